The van der Waals surface area contributed by atoms with Gasteiger partial charge in [0.05, 0.1) is 11.1 Å². The van der Waals surface area contributed by atoms with E-state index in [-0.39, 0.29) is 0 Å². The van der Waals surface area contributed by atoms with Gasteiger partial charge in [0.2, 0.25) is 0 Å². The Kier molecular flexibility index (Phi) is 5.82. The van der Waals surface area contributed by atoms with Crippen LogP contribution >= 0.6 is 31.9 Å². The van der Waals surface area contributed by atoms with Gasteiger partial charge >= 0.3 is 5.97 Å². The van der Waals surface area contributed by atoms with Crippen molar-refractivity contribution in [2.45, 2.75) is 13.5 Å². The van der Waals surface area contributed by atoms with Gasteiger partial charge in [0, 0.05) is 4.47 Å². The standard InChI is InChI=1S/C16H14Br2O3/c1-2-20-16(19)13-8-12(17)9-14(18)15(13)21-10-11-6-4-3-5-7-11/h3-9H,2,10H2,1H3. The molecule has 110 valence electrons. The van der Waals surface area contributed by atoms with Crippen molar-refractivity contribution in [2.75, 3.05) is 6.61 Å². The van der Waals surface area contributed by atoms with E-state index in [1.165, 1.54) is 0 Å². The van der Waals surface area contributed by atoms with E-state index in [1.54, 1.807) is 13.0 Å². The van der Waals surface area contributed by atoms with E-state index >= 15 is 0 Å². The summed E-state index contributed by atoms with van der Waals surface area (Å²) in [5, 5.41) is 0. The number of hydrogen-bond donors (Lipinski definition) is 0. The fourth-order valence-corrected chi connectivity index (χ4v) is 3.14. The van der Waals surface area contributed by atoms with Crippen LogP contribution in [-0.2, 0) is 11.3 Å². The number of carbonyl (C=O) groups excluding carboxylic acids is 1. The first-order valence-corrected chi connectivity index (χ1v) is 8.03. The lowest BCUT2D eigenvalue weighted by atomic mass is 10.2. The molecule has 5 heteroatoms. The van der Waals surface area contributed by atoms with E-state index < -0.39 is 5.97 Å². The summed E-state index contributed by atoms with van der Waals surface area (Å²) in [6.07, 6.45) is 0. The van der Waals surface area contributed by atoms with Crippen LogP contribution < -0.4 is 4.74 Å². The van der Waals surface area contributed by atoms with E-state index in [1.807, 2.05) is 36.4 Å². The van der Waals surface area contributed by atoms with Crippen molar-refractivity contribution in [1.82, 2.24) is 0 Å². The maximum atomic E-state index is 12.0. The highest BCUT2D eigenvalue weighted by molar-refractivity contribution is 9.11. The zero-order chi connectivity index (χ0) is 15.2. The average molecular weight is 414 g/mol. The summed E-state index contributed by atoms with van der Waals surface area (Å²) in [5.41, 5.74) is 1.43. The lowest BCUT2D eigenvalue weighted by Crippen LogP contribution is -2.08. The molecule has 21 heavy (non-hydrogen) atoms. The molecule has 0 bridgehead atoms. The molecule has 0 saturated carbocycles. The van der Waals surface area contributed by atoms with Crippen molar-refractivity contribution >= 4 is 37.8 Å². The van der Waals surface area contributed by atoms with Gasteiger partial charge in [-0.3, -0.25) is 0 Å². The Labute approximate surface area is 140 Å². The van der Waals surface area contributed by atoms with E-state index in [2.05, 4.69) is 31.9 Å². The molecule has 0 fully saturated rings. The van der Waals surface area contributed by atoms with Crippen LogP contribution in [0.4, 0.5) is 0 Å². The Hall–Kier alpha value is -1.33. The number of esters is 1. The van der Waals surface area contributed by atoms with Crippen molar-refractivity contribution in [3.63, 3.8) is 0 Å². The summed E-state index contributed by atoms with van der Waals surface area (Å²) < 4.78 is 12.4. The molecule has 3 nitrogen and oxygen atoms in total. The summed E-state index contributed by atoms with van der Waals surface area (Å²) in [6.45, 7) is 2.48. The normalized spacial score (nSPS) is 10.2. The van der Waals surface area contributed by atoms with Crippen LogP contribution in [-0.4, -0.2) is 12.6 Å². The highest BCUT2D eigenvalue weighted by Crippen LogP contribution is 2.34. The van der Waals surface area contributed by atoms with Crippen molar-refractivity contribution in [1.29, 1.82) is 0 Å². The average Bonchev–Trinajstić information content (AvgIpc) is 2.47. The van der Waals surface area contributed by atoms with Gasteiger partial charge in [0.15, 0.2) is 0 Å². The Bertz CT molecular complexity index is 627. The molecule has 0 amide bonds. The van der Waals surface area contributed by atoms with Gasteiger partial charge in [-0.05, 0) is 40.5 Å². The molecule has 0 aliphatic heterocycles. The zero-order valence-corrected chi connectivity index (χ0v) is 14.6. The van der Waals surface area contributed by atoms with Crippen LogP contribution in [0.2, 0.25) is 0 Å². The molecule has 0 radical (unpaired) electrons. The van der Waals surface area contributed by atoms with Crippen molar-refractivity contribution in [2.24, 2.45) is 0 Å². The molecule has 0 N–H and O–H groups in total. The first-order valence-electron chi connectivity index (χ1n) is 6.44. The second-order valence-electron chi connectivity index (χ2n) is 4.26. The fourth-order valence-electron chi connectivity index (χ4n) is 1.80. The van der Waals surface area contributed by atoms with E-state index in [0.29, 0.717) is 29.0 Å². The molecule has 2 aromatic rings. The zero-order valence-electron chi connectivity index (χ0n) is 11.4. The predicted molar refractivity (Wildman–Crippen MR) is 88.6 cm³/mol. The topological polar surface area (TPSA) is 35.5 Å². The maximum absolute atomic E-state index is 12.0. The molecule has 2 aromatic carbocycles. The summed E-state index contributed by atoms with van der Waals surface area (Å²) >= 11 is 6.80. The van der Waals surface area contributed by atoms with Gasteiger partial charge in [-0.2, -0.15) is 0 Å². The van der Waals surface area contributed by atoms with Crippen LogP contribution in [0.15, 0.2) is 51.4 Å². The molecular formula is C16H14Br2O3. The van der Waals surface area contributed by atoms with E-state index in [4.69, 9.17) is 9.47 Å². The highest BCUT2D eigenvalue weighted by atomic mass is 79.9. The molecule has 0 unspecified atom stereocenters. The maximum Gasteiger partial charge on any atom is 0.341 e. The predicted octanol–water partition coefficient (Wildman–Crippen LogP) is 4.97. The molecule has 0 atom stereocenters. The van der Waals surface area contributed by atoms with Gasteiger partial charge in [-0.25, -0.2) is 4.79 Å². The minimum Gasteiger partial charge on any atom is -0.487 e. The van der Waals surface area contributed by atoms with Gasteiger partial charge in [-0.1, -0.05) is 46.3 Å². The van der Waals surface area contributed by atoms with Gasteiger partial charge in [-0.15, -0.1) is 0 Å². The molecule has 0 spiro atoms. The fraction of sp³-hybridized carbons (Fsp3) is 0.188. The molecular weight excluding hydrogens is 400 g/mol. The second kappa shape index (κ2) is 7.61. The van der Waals surface area contributed by atoms with Crippen molar-refractivity contribution in [3.05, 3.63) is 62.5 Å². The summed E-state index contributed by atoms with van der Waals surface area (Å²) in [7, 11) is 0. The van der Waals surface area contributed by atoms with Crippen molar-refractivity contribution in [3.8, 4) is 5.75 Å². The molecule has 0 aromatic heterocycles. The number of ether oxygens (including phenoxy) is 2. The van der Waals surface area contributed by atoms with E-state index in [0.717, 1.165) is 10.0 Å². The minimum absolute atomic E-state index is 0.321. The van der Waals surface area contributed by atoms with E-state index in [9.17, 15) is 4.79 Å². The quantitative estimate of drug-likeness (QED) is 0.649. The largest absolute Gasteiger partial charge is 0.487 e. The summed E-state index contributed by atoms with van der Waals surface area (Å²) in [5.74, 6) is 0.0862. The van der Waals surface area contributed by atoms with Crippen molar-refractivity contribution < 1.29 is 14.3 Å². The van der Waals surface area contributed by atoms with Crippen LogP contribution in [0.25, 0.3) is 0 Å². The lowest BCUT2D eigenvalue weighted by molar-refractivity contribution is 0.0521. The summed E-state index contributed by atoms with van der Waals surface area (Å²) in [4.78, 5) is 12.0. The highest BCUT2D eigenvalue weighted by Gasteiger charge is 2.18. The van der Waals surface area contributed by atoms with Gasteiger partial charge in [0.1, 0.15) is 17.9 Å². The van der Waals surface area contributed by atoms with Crippen LogP contribution in [0.5, 0.6) is 5.75 Å². The van der Waals surface area contributed by atoms with Gasteiger partial charge in [0.25, 0.3) is 0 Å². The first kappa shape index (κ1) is 16.0. The molecule has 2 rings (SSSR count). The Morgan fingerprint density at radius 2 is 1.86 bits per heavy atom. The van der Waals surface area contributed by atoms with Crippen LogP contribution in [0.3, 0.4) is 0 Å². The number of hydrogen-bond acceptors (Lipinski definition) is 3. The number of carbonyl (C=O) groups is 1. The SMILES string of the molecule is CCOC(=O)c1cc(Br)cc(Br)c1OCc1ccccc1. The van der Waals surface area contributed by atoms with Gasteiger partial charge < -0.3 is 9.47 Å². The number of halogens is 2. The second-order valence-corrected chi connectivity index (χ2v) is 6.03. The third-order valence-corrected chi connectivity index (χ3v) is 3.78. The van der Waals surface area contributed by atoms with Crippen LogP contribution in [0, 0.1) is 0 Å². The lowest BCUT2D eigenvalue weighted by Gasteiger charge is -2.13. The van der Waals surface area contributed by atoms with Crippen LogP contribution in [0.1, 0.15) is 22.8 Å². The smallest absolute Gasteiger partial charge is 0.341 e. The third-order valence-electron chi connectivity index (χ3n) is 2.73. The minimum atomic E-state index is -0.400. The first-order chi connectivity index (χ1) is 10.1. The Balaban J connectivity index is 2.26. The molecule has 0 heterocycles. The molecule has 0 aliphatic carbocycles. The third kappa shape index (κ3) is 4.32. The summed E-state index contributed by atoms with van der Waals surface area (Å²) in [6, 6.07) is 13.3. The number of benzene rings is 2. The Morgan fingerprint density at radius 1 is 1.14 bits per heavy atom. The number of rotatable bonds is 5. The Morgan fingerprint density at radius 3 is 2.52 bits per heavy atom. The molecule has 0 saturated heterocycles. The molecule has 0 aliphatic rings. The monoisotopic (exact) mass is 412 g/mol.